The number of carbonyl (C=O) groups is 2. The maximum atomic E-state index is 12.2. The molecule has 0 aliphatic rings. The minimum Gasteiger partial charge on any atom is -0.345 e. The summed E-state index contributed by atoms with van der Waals surface area (Å²) < 4.78 is 0. The summed E-state index contributed by atoms with van der Waals surface area (Å²) in [6.45, 7) is 0. The van der Waals surface area contributed by atoms with E-state index in [4.69, 9.17) is 0 Å². The molecule has 0 radical (unpaired) electrons. The average Bonchev–Trinajstić information content (AvgIpc) is 3.10. The fraction of sp³-hybridized carbons (Fsp3) is 0. The van der Waals surface area contributed by atoms with Crippen molar-refractivity contribution in [2.75, 3.05) is 10.6 Å². The molecule has 0 fully saturated rings. The van der Waals surface area contributed by atoms with Gasteiger partial charge >= 0.3 is 11.8 Å². The third kappa shape index (κ3) is 2.92. The van der Waals surface area contributed by atoms with Gasteiger partial charge in [0.15, 0.2) is 0 Å². The van der Waals surface area contributed by atoms with Gasteiger partial charge in [0.1, 0.15) is 0 Å². The van der Waals surface area contributed by atoms with Gasteiger partial charge in [-0.3, -0.25) is 9.59 Å². The summed E-state index contributed by atoms with van der Waals surface area (Å²) in [5.41, 5.74) is 2.70. The van der Waals surface area contributed by atoms with Crippen LogP contribution in [0.3, 0.4) is 0 Å². The number of amides is 2. The molecule has 3 N–H and O–H groups in total. The smallest absolute Gasteiger partial charge is 0.314 e. The van der Waals surface area contributed by atoms with Crippen LogP contribution in [-0.4, -0.2) is 21.8 Å². The molecule has 0 saturated heterocycles. The predicted octanol–water partition coefficient (Wildman–Crippen LogP) is 3.29. The van der Waals surface area contributed by atoms with Crippen LogP contribution in [-0.2, 0) is 9.59 Å². The van der Waals surface area contributed by atoms with E-state index in [1.165, 1.54) is 0 Å². The molecular weight excluding hydrogens is 316 g/mol. The molecule has 122 valence electrons. The first-order valence-corrected chi connectivity index (χ1v) is 7.74. The van der Waals surface area contributed by atoms with Gasteiger partial charge in [-0.25, -0.2) is 4.98 Å². The van der Waals surface area contributed by atoms with E-state index in [1.807, 2.05) is 36.4 Å². The lowest BCUT2D eigenvalue weighted by Gasteiger charge is -2.09. The number of imidazole rings is 1. The number of hydrogen-bond donors (Lipinski definition) is 3. The highest BCUT2D eigenvalue weighted by molar-refractivity contribution is 6.44. The molecule has 0 spiro atoms. The summed E-state index contributed by atoms with van der Waals surface area (Å²) in [6.07, 6.45) is 1.57. The van der Waals surface area contributed by atoms with Crippen LogP contribution in [0.15, 0.2) is 67.0 Å². The maximum Gasteiger partial charge on any atom is 0.314 e. The second-order valence-corrected chi connectivity index (χ2v) is 5.57. The van der Waals surface area contributed by atoms with Crippen molar-refractivity contribution in [3.8, 4) is 0 Å². The van der Waals surface area contributed by atoms with Gasteiger partial charge in [-0.15, -0.1) is 0 Å². The van der Waals surface area contributed by atoms with Crippen molar-refractivity contribution >= 4 is 45.0 Å². The Morgan fingerprint density at radius 2 is 1.68 bits per heavy atom. The van der Waals surface area contributed by atoms with Gasteiger partial charge in [0.2, 0.25) is 0 Å². The number of carbonyl (C=O) groups excluding carboxylic acids is 2. The van der Waals surface area contributed by atoms with Gasteiger partial charge in [0.05, 0.1) is 17.4 Å². The van der Waals surface area contributed by atoms with Crippen molar-refractivity contribution in [1.29, 1.82) is 0 Å². The number of nitrogens with zero attached hydrogens (tertiary/aromatic N) is 1. The molecule has 6 nitrogen and oxygen atoms in total. The largest absolute Gasteiger partial charge is 0.345 e. The van der Waals surface area contributed by atoms with Crippen LogP contribution in [0.5, 0.6) is 0 Å². The molecule has 4 rings (SSSR count). The third-order valence-electron chi connectivity index (χ3n) is 3.92. The van der Waals surface area contributed by atoms with Crippen molar-refractivity contribution in [3.05, 3.63) is 67.0 Å². The zero-order valence-corrected chi connectivity index (χ0v) is 13.1. The summed E-state index contributed by atoms with van der Waals surface area (Å²) in [4.78, 5) is 31.5. The Kier molecular flexibility index (Phi) is 3.63. The number of fused-ring (bicyclic) bond motifs is 2. The van der Waals surface area contributed by atoms with Crippen molar-refractivity contribution in [1.82, 2.24) is 9.97 Å². The van der Waals surface area contributed by atoms with Crippen LogP contribution >= 0.6 is 0 Å². The van der Waals surface area contributed by atoms with E-state index < -0.39 is 11.8 Å². The molecule has 3 aromatic carbocycles. The van der Waals surface area contributed by atoms with E-state index in [2.05, 4.69) is 20.6 Å². The standard InChI is InChI=1S/C19H14N4O2/c24-18(22-13-8-9-16-17(10-13)21-11-20-16)19(25)23-15-7-3-5-12-4-1-2-6-14(12)15/h1-11H,(H,20,21)(H,22,24)(H,23,25). The van der Waals surface area contributed by atoms with Crippen molar-refractivity contribution in [3.63, 3.8) is 0 Å². The molecule has 0 saturated carbocycles. The Morgan fingerprint density at radius 1 is 0.880 bits per heavy atom. The van der Waals surface area contributed by atoms with Crippen molar-refractivity contribution in [2.45, 2.75) is 0 Å². The van der Waals surface area contributed by atoms with E-state index in [0.29, 0.717) is 11.4 Å². The van der Waals surface area contributed by atoms with Crippen molar-refractivity contribution in [2.24, 2.45) is 0 Å². The molecule has 1 aromatic heterocycles. The Labute approximate surface area is 142 Å². The van der Waals surface area contributed by atoms with Gasteiger partial charge in [0, 0.05) is 16.8 Å². The molecular formula is C19H14N4O2. The van der Waals surface area contributed by atoms with Crippen LogP contribution in [0.2, 0.25) is 0 Å². The summed E-state index contributed by atoms with van der Waals surface area (Å²) >= 11 is 0. The highest BCUT2D eigenvalue weighted by atomic mass is 16.2. The molecule has 0 aliphatic heterocycles. The predicted molar refractivity (Wildman–Crippen MR) is 97.3 cm³/mol. The van der Waals surface area contributed by atoms with E-state index in [-0.39, 0.29) is 0 Å². The molecule has 0 atom stereocenters. The number of aromatic amines is 1. The first kappa shape index (κ1) is 14.9. The summed E-state index contributed by atoms with van der Waals surface area (Å²) in [6, 6.07) is 18.4. The number of benzene rings is 3. The fourth-order valence-electron chi connectivity index (χ4n) is 2.71. The van der Waals surface area contributed by atoms with Crippen LogP contribution in [0.1, 0.15) is 0 Å². The monoisotopic (exact) mass is 330 g/mol. The van der Waals surface area contributed by atoms with Gasteiger partial charge < -0.3 is 15.6 Å². The Balaban J connectivity index is 1.52. The quantitative estimate of drug-likeness (QED) is 0.493. The highest BCUT2D eigenvalue weighted by Gasteiger charge is 2.15. The Morgan fingerprint density at radius 3 is 2.60 bits per heavy atom. The van der Waals surface area contributed by atoms with Gasteiger partial charge in [0.25, 0.3) is 0 Å². The van der Waals surface area contributed by atoms with Crippen molar-refractivity contribution < 1.29 is 9.59 Å². The van der Waals surface area contributed by atoms with Gasteiger partial charge in [-0.05, 0) is 29.7 Å². The lowest BCUT2D eigenvalue weighted by atomic mass is 10.1. The molecule has 6 heteroatoms. The second-order valence-electron chi connectivity index (χ2n) is 5.57. The Hall–Kier alpha value is -3.67. The minimum atomic E-state index is -0.730. The zero-order chi connectivity index (χ0) is 17.2. The first-order valence-electron chi connectivity index (χ1n) is 7.74. The topological polar surface area (TPSA) is 86.9 Å². The number of anilines is 2. The normalized spacial score (nSPS) is 10.7. The molecule has 25 heavy (non-hydrogen) atoms. The van der Waals surface area contributed by atoms with E-state index in [1.54, 1.807) is 30.6 Å². The van der Waals surface area contributed by atoms with E-state index in [0.717, 1.165) is 21.8 Å². The van der Waals surface area contributed by atoms with Crippen LogP contribution in [0.25, 0.3) is 21.8 Å². The number of aromatic nitrogens is 2. The van der Waals surface area contributed by atoms with Crippen LogP contribution < -0.4 is 10.6 Å². The number of nitrogens with one attached hydrogen (secondary N) is 3. The average molecular weight is 330 g/mol. The first-order chi connectivity index (χ1) is 12.2. The van der Waals surface area contributed by atoms with Crippen LogP contribution in [0.4, 0.5) is 11.4 Å². The Bertz CT molecular complexity index is 1100. The summed E-state index contributed by atoms with van der Waals surface area (Å²) in [7, 11) is 0. The highest BCUT2D eigenvalue weighted by Crippen LogP contribution is 2.23. The summed E-state index contributed by atoms with van der Waals surface area (Å²) in [5, 5.41) is 7.13. The van der Waals surface area contributed by atoms with Crippen LogP contribution in [0, 0.1) is 0 Å². The zero-order valence-electron chi connectivity index (χ0n) is 13.1. The summed E-state index contributed by atoms with van der Waals surface area (Å²) in [5.74, 6) is -1.45. The molecule has 0 bridgehead atoms. The molecule has 1 heterocycles. The maximum absolute atomic E-state index is 12.2. The molecule has 0 aliphatic carbocycles. The lowest BCUT2D eigenvalue weighted by molar-refractivity contribution is -0.132. The third-order valence-corrected chi connectivity index (χ3v) is 3.92. The van der Waals surface area contributed by atoms with Gasteiger partial charge in [-0.1, -0.05) is 36.4 Å². The minimum absolute atomic E-state index is 0.523. The lowest BCUT2D eigenvalue weighted by Crippen LogP contribution is -2.29. The fourth-order valence-corrected chi connectivity index (χ4v) is 2.71. The molecule has 2 amide bonds. The SMILES string of the molecule is O=C(Nc1ccc2nc[nH]c2c1)C(=O)Nc1cccc2ccccc12. The second kappa shape index (κ2) is 6.09. The number of rotatable bonds is 2. The van der Waals surface area contributed by atoms with E-state index >= 15 is 0 Å². The van der Waals surface area contributed by atoms with Gasteiger partial charge in [-0.2, -0.15) is 0 Å². The molecule has 4 aromatic rings. The number of H-pyrrole nitrogens is 1. The molecule has 0 unspecified atom stereocenters. The number of hydrogen-bond acceptors (Lipinski definition) is 3. The van der Waals surface area contributed by atoms with E-state index in [9.17, 15) is 9.59 Å².